The van der Waals surface area contributed by atoms with Gasteiger partial charge in [0.25, 0.3) is 0 Å². The van der Waals surface area contributed by atoms with E-state index in [1.807, 2.05) is 13.8 Å². The number of amides is 1. The van der Waals surface area contributed by atoms with Crippen molar-refractivity contribution < 1.29 is 14.4 Å². The molecule has 0 bridgehead atoms. The number of carbonyl (C=O) groups excluding carboxylic acids is 3. The normalized spacial score (nSPS) is 14.2. The standard InChI is InChI=1S/C11H20N2O3/c1-8(2)6-9(7-15)13-11(16)10(12)4-3-5-14/h5,7-10H,3-4,6,12H2,1-2H3,(H,13,16)/t9-,10-/m1/s1. The van der Waals surface area contributed by atoms with Crippen LogP contribution in [0.25, 0.3) is 0 Å². The lowest BCUT2D eigenvalue weighted by Crippen LogP contribution is -2.46. The highest BCUT2D eigenvalue weighted by atomic mass is 16.2. The molecule has 0 aliphatic carbocycles. The van der Waals surface area contributed by atoms with Gasteiger partial charge < -0.3 is 20.6 Å². The molecule has 3 N–H and O–H groups in total. The fraction of sp³-hybridized carbons (Fsp3) is 0.727. The van der Waals surface area contributed by atoms with Crippen LogP contribution in [-0.4, -0.2) is 30.6 Å². The second-order valence-corrected chi connectivity index (χ2v) is 4.23. The van der Waals surface area contributed by atoms with Crippen molar-refractivity contribution in [1.82, 2.24) is 5.32 Å². The van der Waals surface area contributed by atoms with Crippen LogP contribution in [0.2, 0.25) is 0 Å². The Labute approximate surface area is 95.8 Å². The van der Waals surface area contributed by atoms with Crippen LogP contribution in [0.15, 0.2) is 0 Å². The van der Waals surface area contributed by atoms with Gasteiger partial charge in [0.05, 0.1) is 12.1 Å². The third-order valence-corrected chi connectivity index (χ3v) is 2.15. The minimum absolute atomic E-state index is 0.254. The van der Waals surface area contributed by atoms with E-state index in [0.29, 0.717) is 25.0 Å². The molecule has 0 saturated heterocycles. The van der Waals surface area contributed by atoms with E-state index in [1.165, 1.54) is 0 Å². The molecule has 92 valence electrons. The Kier molecular flexibility index (Phi) is 7.37. The molecule has 0 aliphatic heterocycles. The predicted octanol–water partition coefficient (Wildman–Crippen LogP) is 0.0226. The number of aldehydes is 2. The van der Waals surface area contributed by atoms with Crippen molar-refractivity contribution in [3.63, 3.8) is 0 Å². The minimum atomic E-state index is -0.722. The molecule has 0 rings (SSSR count). The van der Waals surface area contributed by atoms with Gasteiger partial charge in [-0.1, -0.05) is 13.8 Å². The molecule has 0 aromatic heterocycles. The van der Waals surface area contributed by atoms with E-state index in [9.17, 15) is 14.4 Å². The van der Waals surface area contributed by atoms with Gasteiger partial charge in [-0.2, -0.15) is 0 Å². The Morgan fingerprint density at radius 2 is 2.00 bits per heavy atom. The highest BCUT2D eigenvalue weighted by Gasteiger charge is 2.17. The molecule has 0 radical (unpaired) electrons. The Balaban J connectivity index is 4.07. The average molecular weight is 228 g/mol. The van der Waals surface area contributed by atoms with Gasteiger partial charge in [-0.05, 0) is 18.8 Å². The van der Waals surface area contributed by atoms with Crippen molar-refractivity contribution in [1.29, 1.82) is 0 Å². The summed E-state index contributed by atoms with van der Waals surface area (Å²) in [5.74, 6) is -0.0544. The quantitative estimate of drug-likeness (QED) is 0.573. The average Bonchev–Trinajstić information content (AvgIpc) is 2.23. The number of nitrogens with one attached hydrogen (secondary N) is 1. The summed E-state index contributed by atoms with van der Waals surface area (Å²) < 4.78 is 0. The highest BCUT2D eigenvalue weighted by molar-refractivity contribution is 5.84. The minimum Gasteiger partial charge on any atom is -0.345 e. The zero-order valence-corrected chi connectivity index (χ0v) is 9.81. The SMILES string of the molecule is CC(C)C[C@H](C=O)NC(=O)[C@H](N)CCC=O. The molecule has 0 heterocycles. The van der Waals surface area contributed by atoms with Gasteiger partial charge in [0.15, 0.2) is 0 Å². The first-order valence-electron chi connectivity index (χ1n) is 5.46. The molecule has 0 spiro atoms. The van der Waals surface area contributed by atoms with E-state index in [4.69, 9.17) is 5.73 Å². The van der Waals surface area contributed by atoms with E-state index < -0.39 is 12.1 Å². The third kappa shape index (κ3) is 6.29. The number of nitrogens with two attached hydrogens (primary N) is 1. The maximum atomic E-state index is 11.5. The van der Waals surface area contributed by atoms with Gasteiger partial charge in [-0.15, -0.1) is 0 Å². The van der Waals surface area contributed by atoms with Gasteiger partial charge in [0.2, 0.25) is 5.91 Å². The van der Waals surface area contributed by atoms with Crippen molar-refractivity contribution in [2.75, 3.05) is 0 Å². The predicted molar refractivity (Wildman–Crippen MR) is 60.7 cm³/mol. The first kappa shape index (κ1) is 14.8. The van der Waals surface area contributed by atoms with Gasteiger partial charge >= 0.3 is 0 Å². The lowest BCUT2D eigenvalue weighted by atomic mass is 10.0. The molecule has 0 fully saturated rings. The monoisotopic (exact) mass is 228 g/mol. The summed E-state index contributed by atoms with van der Waals surface area (Å²) >= 11 is 0. The fourth-order valence-electron chi connectivity index (χ4n) is 1.32. The third-order valence-electron chi connectivity index (χ3n) is 2.15. The van der Waals surface area contributed by atoms with Crippen LogP contribution in [0.1, 0.15) is 33.1 Å². The molecule has 0 aromatic carbocycles. The first-order valence-corrected chi connectivity index (χ1v) is 5.46. The summed E-state index contributed by atoms with van der Waals surface area (Å²) in [4.78, 5) is 32.3. The second kappa shape index (κ2) is 7.98. The lowest BCUT2D eigenvalue weighted by Gasteiger charge is -2.17. The summed E-state index contributed by atoms with van der Waals surface area (Å²) in [5.41, 5.74) is 5.55. The summed E-state index contributed by atoms with van der Waals surface area (Å²) in [5, 5.41) is 2.56. The number of rotatable bonds is 8. The van der Waals surface area contributed by atoms with E-state index in [0.717, 1.165) is 6.29 Å². The largest absolute Gasteiger partial charge is 0.345 e. The molecule has 2 atom stereocenters. The Morgan fingerprint density at radius 1 is 1.38 bits per heavy atom. The second-order valence-electron chi connectivity index (χ2n) is 4.23. The summed E-state index contributed by atoms with van der Waals surface area (Å²) in [6, 6.07) is -1.21. The van der Waals surface area contributed by atoms with Crippen LogP contribution in [-0.2, 0) is 14.4 Å². The van der Waals surface area contributed by atoms with Gasteiger partial charge in [-0.25, -0.2) is 0 Å². The molecule has 5 heteroatoms. The van der Waals surface area contributed by atoms with Crippen LogP contribution in [0.3, 0.4) is 0 Å². The van der Waals surface area contributed by atoms with Crippen LogP contribution in [0, 0.1) is 5.92 Å². The maximum Gasteiger partial charge on any atom is 0.237 e. The molecular weight excluding hydrogens is 208 g/mol. The number of hydrogen-bond acceptors (Lipinski definition) is 4. The van der Waals surface area contributed by atoms with E-state index in [-0.39, 0.29) is 12.3 Å². The van der Waals surface area contributed by atoms with Crippen molar-refractivity contribution in [2.45, 2.75) is 45.2 Å². The molecule has 1 amide bonds. The number of hydrogen-bond donors (Lipinski definition) is 2. The molecule has 0 unspecified atom stereocenters. The Morgan fingerprint density at radius 3 is 2.44 bits per heavy atom. The van der Waals surface area contributed by atoms with Crippen LogP contribution >= 0.6 is 0 Å². The van der Waals surface area contributed by atoms with Gasteiger partial charge in [-0.3, -0.25) is 4.79 Å². The summed E-state index contributed by atoms with van der Waals surface area (Å²) in [6.07, 6.45) is 2.59. The molecular formula is C11H20N2O3. The molecule has 0 saturated carbocycles. The van der Waals surface area contributed by atoms with E-state index in [1.54, 1.807) is 0 Å². The molecule has 0 aliphatic rings. The molecule has 16 heavy (non-hydrogen) atoms. The van der Waals surface area contributed by atoms with Gasteiger partial charge in [0.1, 0.15) is 12.6 Å². The molecule has 0 aromatic rings. The topological polar surface area (TPSA) is 89.3 Å². The van der Waals surface area contributed by atoms with Crippen LogP contribution in [0.4, 0.5) is 0 Å². The maximum absolute atomic E-state index is 11.5. The number of carbonyl (C=O) groups is 3. The highest BCUT2D eigenvalue weighted by Crippen LogP contribution is 2.03. The Hall–Kier alpha value is -1.23. The first-order chi connectivity index (χ1) is 7.51. The molecule has 5 nitrogen and oxygen atoms in total. The van der Waals surface area contributed by atoms with Crippen molar-refractivity contribution in [2.24, 2.45) is 11.7 Å². The fourth-order valence-corrected chi connectivity index (χ4v) is 1.32. The van der Waals surface area contributed by atoms with Crippen LogP contribution in [0.5, 0.6) is 0 Å². The Bertz CT molecular complexity index is 241. The lowest BCUT2D eigenvalue weighted by molar-refractivity contribution is -0.125. The zero-order chi connectivity index (χ0) is 12.6. The van der Waals surface area contributed by atoms with E-state index in [2.05, 4.69) is 5.32 Å². The summed E-state index contributed by atoms with van der Waals surface area (Å²) in [7, 11) is 0. The van der Waals surface area contributed by atoms with Crippen molar-refractivity contribution in [3.05, 3.63) is 0 Å². The van der Waals surface area contributed by atoms with Gasteiger partial charge in [0, 0.05) is 6.42 Å². The van der Waals surface area contributed by atoms with Crippen molar-refractivity contribution >= 4 is 18.5 Å². The smallest absolute Gasteiger partial charge is 0.237 e. The zero-order valence-electron chi connectivity index (χ0n) is 9.81. The van der Waals surface area contributed by atoms with Crippen LogP contribution < -0.4 is 11.1 Å². The van der Waals surface area contributed by atoms with Crippen molar-refractivity contribution in [3.8, 4) is 0 Å². The summed E-state index contributed by atoms with van der Waals surface area (Å²) in [6.45, 7) is 3.93. The van der Waals surface area contributed by atoms with E-state index >= 15 is 0 Å².